The molecule has 148 valence electrons. The maximum atomic E-state index is 11.6. The third-order valence-electron chi connectivity index (χ3n) is 5.24. The maximum absolute atomic E-state index is 11.6. The van der Waals surface area contributed by atoms with Crippen LogP contribution in [0.1, 0.15) is 28.8 Å². The third kappa shape index (κ3) is 5.13. The number of nitrogens with zero attached hydrogens (tertiary/aromatic N) is 1. The molecule has 2 aliphatic heterocycles. The quantitative estimate of drug-likeness (QED) is 0.406. The largest absolute Gasteiger partial charge is 0.507 e. The molecule has 0 saturated carbocycles. The van der Waals surface area contributed by atoms with E-state index < -0.39 is 13.1 Å². The van der Waals surface area contributed by atoms with E-state index in [1.165, 1.54) is 18.9 Å². The Kier molecular flexibility index (Phi) is 6.59. The zero-order valence-corrected chi connectivity index (χ0v) is 15.3. The van der Waals surface area contributed by atoms with Crippen LogP contribution in [0.15, 0.2) is 12.1 Å². The molecule has 0 aliphatic carbocycles. The highest BCUT2D eigenvalue weighted by Crippen LogP contribution is 2.34. The first-order chi connectivity index (χ1) is 12.9. The first kappa shape index (κ1) is 19.9. The van der Waals surface area contributed by atoms with E-state index in [1.807, 2.05) is 0 Å². The molecule has 1 aromatic rings. The molecule has 27 heavy (non-hydrogen) atoms. The summed E-state index contributed by atoms with van der Waals surface area (Å²) in [7, 11) is -1.51. The topological polar surface area (TPSA) is 122 Å². The summed E-state index contributed by atoms with van der Waals surface area (Å²) in [6, 6.07) is 3.11. The molecule has 1 atom stereocenters. The van der Waals surface area contributed by atoms with Crippen molar-refractivity contribution in [1.82, 2.24) is 10.2 Å². The van der Waals surface area contributed by atoms with Crippen molar-refractivity contribution in [1.29, 1.82) is 0 Å². The Bertz CT molecular complexity index is 659. The van der Waals surface area contributed by atoms with Crippen molar-refractivity contribution < 1.29 is 29.8 Å². The van der Waals surface area contributed by atoms with Crippen LogP contribution in [0.3, 0.4) is 0 Å². The van der Waals surface area contributed by atoms with Gasteiger partial charge in [-0.1, -0.05) is 6.07 Å². The molecule has 2 saturated heterocycles. The maximum Gasteiger partial charge on any atom is 0.451 e. The van der Waals surface area contributed by atoms with Crippen LogP contribution in [0.5, 0.6) is 11.5 Å². The van der Waals surface area contributed by atoms with E-state index in [4.69, 9.17) is 14.8 Å². The first-order valence-corrected chi connectivity index (χ1v) is 9.48. The Hall–Kier alpha value is -1.81. The van der Waals surface area contributed by atoms with Crippen LogP contribution in [-0.2, 0) is 6.42 Å². The van der Waals surface area contributed by atoms with Crippen molar-refractivity contribution in [2.45, 2.75) is 31.7 Å². The molecule has 9 heteroatoms. The number of carbonyl (C=O) groups is 1. The summed E-state index contributed by atoms with van der Waals surface area (Å²) in [6.45, 7) is 4.65. The number of carboxylic acids is 1. The van der Waals surface area contributed by atoms with Crippen molar-refractivity contribution in [2.24, 2.45) is 5.92 Å². The number of likely N-dealkylation sites (tertiary alicyclic amines) is 1. The molecular weight excluding hydrogens is 351 g/mol. The highest BCUT2D eigenvalue weighted by atomic mass is 16.5. The molecule has 8 nitrogen and oxygen atoms in total. The first-order valence-electron chi connectivity index (χ1n) is 9.48. The molecular formula is C18H27BN2O6. The fourth-order valence-corrected chi connectivity index (χ4v) is 3.78. The molecule has 5 N–H and O–H groups in total. The van der Waals surface area contributed by atoms with Gasteiger partial charge in [-0.25, -0.2) is 4.79 Å². The average Bonchev–Trinajstić information content (AvgIpc) is 2.59. The summed E-state index contributed by atoms with van der Waals surface area (Å²) >= 11 is 0. The van der Waals surface area contributed by atoms with Crippen LogP contribution in [0.2, 0.25) is 6.32 Å². The lowest BCUT2D eigenvalue weighted by molar-refractivity contribution is 0.00709. The van der Waals surface area contributed by atoms with Gasteiger partial charge in [0.1, 0.15) is 23.2 Å². The summed E-state index contributed by atoms with van der Waals surface area (Å²) in [6.07, 6.45) is 2.52. The molecule has 1 unspecified atom stereocenters. The summed E-state index contributed by atoms with van der Waals surface area (Å²) in [5.74, 6) is -0.833. The van der Waals surface area contributed by atoms with Crippen LogP contribution in [0.4, 0.5) is 0 Å². The van der Waals surface area contributed by atoms with Gasteiger partial charge in [0.05, 0.1) is 0 Å². The molecule has 0 aromatic heterocycles. The van der Waals surface area contributed by atoms with Crippen LogP contribution >= 0.6 is 0 Å². The van der Waals surface area contributed by atoms with Gasteiger partial charge in [-0.3, -0.25) is 4.90 Å². The molecule has 2 aliphatic rings. The number of ether oxygens (including phenoxy) is 1. The number of hydrogen-bond donors (Lipinski definition) is 5. The summed E-state index contributed by atoms with van der Waals surface area (Å²) in [5.41, 5.74) is 0.0859. The lowest BCUT2D eigenvalue weighted by Gasteiger charge is -2.41. The van der Waals surface area contributed by atoms with E-state index in [-0.39, 0.29) is 35.9 Å². The second-order valence-electron chi connectivity index (χ2n) is 7.44. The van der Waals surface area contributed by atoms with E-state index in [0.29, 0.717) is 11.5 Å². The van der Waals surface area contributed by atoms with Gasteiger partial charge in [-0.15, -0.1) is 0 Å². The van der Waals surface area contributed by atoms with Crippen molar-refractivity contribution in [3.63, 3.8) is 0 Å². The zero-order valence-electron chi connectivity index (χ0n) is 15.3. The second-order valence-corrected chi connectivity index (χ2v) is 7.44. The smallest absolute Gasteiger partial charge is 0.451 e. The van der Waals surface area contributed by atoms with Crippen LogP contribution in [-0.4, -0.2) is 77.1 Å². The standard InChI is InChI=1S/C18H27BN2O6/c22-17-13(5-6-19(25)26)3-4-15(16(17)18(23)24)27-14-10-21(11-14)9-12-2-1-7-20-8-12/h3-4,12,14,20,22,25-26H,1-2,5-11H2,(H,23,24). The molecule has 2 heterocycles. The van der Waals surface area contributed by atoms with Gasteiger partial charge in [0.2, 0.25) is 0 Å². The Balaban J connectivity index is 1.58. The van der Waals surface area contributed by atoms with Crippen molar-refractivity contribution in [3.05, 3.63) is 23.3 Å². The van der Waals surface area contributed by atoms with Gasteiger partial charge in [-0.05, 0) is 56.2 Å². The molecule has 0 spiro atoms. The van der Waals surface area contributed by atoms with Gasteiger partial charge in [0.15, 0.2) is 0 Å². The fourth-order valence-electron chi connectivity index (χ4n) is 3.78. The number of benzene rings is 1. The number of rotatable bonds is 8. The fraction of sp³-hybridized carbons (Fsp3) is 0.611. The molecule has 0 radical (unpaired) electrons. The minimum Gasteiger partial charge on any atom is -0.507 e. The van der Waals surface area contributed by atoms with Crippen LogP contribution in [0, 0.1) is 5.92 Å². The van der Waals surface area contributed by atoms with Crippen LogP contribution < -0.4 is 10.1 Å². The molecule has 2 fully saturated rings. The number of aromatic hydroxyl groups is 1. The molecule has 1 aromatic carbocycles. The average molecular weight is 378 g/mol. The normalized spacial score (nSPS) is 20.9. The number of phenols is 1. The number of aryl methyl sites for hydroxylation is 1. The van der Waals surface area contributed by atoms with E-state index in [0.717, 1.165) is 32.7 Å². The van der Waals surface area contributed by atoms with Gasteiger partial charge < -0.3 is 30.3 Å². The van der Waals surface area contributed by atoms with Gasteiger partial charge in [-0.2, -0.15) is 0 Å². The SMILES string of the molecule is O=C(O)c1c(OC2CN(CC3CCCNC3)C2)ccc(CCB(O)O)c1O. The van der Waals surface area contributed by atoms with Gasteiger partial charge in [0.25, 0.3) is 0 Å². The Morgan fingerprint density at radius 2 is 2.11 bits per heavy atom. The lowest BCUT2D eigenvalue weighted by Crippen LogP contribution is -2.56. The monoisotopic (exact) mass is 378 g/mol. The third-order valence-corrected chi connectivity index (χ3v) is 5.24. The Morgan fingerprint density at radius 1 is 1.33 bits per heavy atom. The van der Waals surface area contributed by atoms with Crippen LogP contribution in [0.25, 0.3) is 0 Å². The lowest BCUT2D eigenvalue weighted by atomic mass is 9.82. The molecule has 3 rings (SSSR count). The number of hydrogen-bond acceptors (Lipinski definition) is 7. The number of carboxylic acid groups (broad SMARTS) is 1. The van der Waals surface area contributed by atoms with E-state index in [1.54, 1.807) is 6.07 Å². The van der Waals surface area contributed by atoms with E-state index in [9.17, 15) is 15.0 Å². The summed E-state index contributed by atoms with van der Waals surface area (Å²) in [4.78, 5) is 13.9. The van der Waals surface area contributed by atoms with E-state index >= 15 is 0 Å². The number of nitrogens with one attached hydrogen (secondary N) is 1. The predicted octanol–water partition coefficient (Wildman–Crippen LogP) is 0.168. The zero-order chi connectivity index (χ0) is 19.4. The predicted molar refractivity (Wildman–Crippen MR) is 100 cm³/mol. The highest BCUT2D eigenvalue weighted by molar-refractivity contribution is 6.41. The Morgan fingerprint density at radius 3 is 2.74 bits per heavy atom. The van der Waals surface area contributed by atoms with Gasteiger partial charge >= 0.3 is 13.1 Å². The number of aromatic carboxylic acids is 1. The highest BCUT2D eigenvalue weighted by Gasteiger charge is 2.32. The second kappa shape index (κ2) is 8.92. The minimum atomic E-state index is -1.51. The summed E-state index contributed by atoms with van der Waals surface area (Å²) < 4.78 is 5.83. The Labute approximate surface area is 158 Å². The van der Waals surface area contributed by atoms with Crippen molar-refractivity contribution >= 4 is 13.1 Å². The van der Waals surface area contributed by atoms with Crippen molar-refractivity contribution in [3.8, 4) is 11.5 Å². The molecule has 0 bridgehead atoms. The summed E-state index contributed by atoms with van der Waals surface area (Å²) in [5, 5.41) is 41.1. The van der Waals surface area contributed by atoms with E-state index in [2.05, 4.69) is 10.2 Å². The molecule has 0 amide bonds. The van der Waals surface area contributed by atoms with Crippen molar-refractivity contribution in [2.75, 3.05) is 32.7 Å². The van der Waals surface area contributed by atoms with Gasteiger partial charge in [0, 0.05) is 19.6 Å². The minimum absolute atomic E-state index is 0.0143. The number of piperidine rings is 1.